The first-order valence-electron chi connectivity index (χ1n) is 7.06. The quantitative estimate of drug-likeness (QED) is 0.876. The molecule has 0 aliphatic rings. The van der Waals surface area contributed by atoms with Crippen molar-refractivity contribution >= 4 is 28.3 Å². The van der Waals surface area contributed by atoms with Crippen molar-refractivity contribution in [1.82, 2.24) is 4.98 Å². The summed E-state index contributed by atoms with van der Waals surface area (Å²) < 4.78 is 13.4. The van der Waals surface area contributed by atoms with Gasteiger partial charge in [0.2, 0.25) is 5.91 Å². The third-order valence-electron chi connectivity index (χ3n) is 3.20. The predicted molar refractivity (Wildman–Crippen MR) is 87.1 cm³/mol. The molecule has 0 fully saturated rings. The van der Waals surface area contributed by atoms with Gasteiger partial charge in [0.05, 0.1) is 12.1 Å². The Bertz CT molecular complexity index is 756. The Morgan fingerprint density at radius 1 is 1.39 bits per heavy atom. The SMILES string of the molecule is Cc1cc(-c2nc(NC(=O)C(C)C)sc2CC(=O)O)ccc1F. The number of nitrogens with zero attached hydrogens (tertiary/aromatic N) is 1. The summed E-state index contributed by atoms with van der Waals surface area (Å²) in [5, 5.41) is 12.1. The highest BCUT2D eigenvalue weighted by molar-refractivity contribution is 7.16. The lowest BCUT2D eigenvalue weighted by Crippen LogP contribution is -2.17. The fourth-order valence-electron chi connectivity index (χ4n) is 1.93. The van der Waals surface area contributed by atoms with E-state index in [1.54, 1.807) is 32.9 Å². The Labute approximate surface area is 137 Å². The Morgan fingerprint density at radius 2 is 2.09 bits per heavy atom. The maximum atomic E-state index is 13.4. The summed E-state index contributed by atoms with van der Waals surface area (Å²) in [5.41, 5.74) is 1.53. The van der Waals surface area contributed by atoms with Gasteiger partial charge in [-0.2, -0.15) is 0 Å². The van der Waals surface area contributed by atoms with Crippen LogP contribution in [0.15, 0.2) is 18.2 Å². The van der Waals surface area contributed by atoms with Crippen LogP contribution < -0.4 is 5.32 Å². The zero-order valence-corrected chi connectivity index (χ0v) is 13.8. The van der Waals surface area contributed by atoms with E-state index in [1.165, 1.54) is 6.07 Å². The molecule has 5 nitrogen and oxygen atoms in total. The van der Waals surface area contributed by atoms with Crippen LogP contribution in [-0.2, 0) is 16.0 Å². The average Bonchev–Trinajstić information content (AvgIpc) is 2.83. The number of carbonyl (C=O) groups is 2. The molecule has 1 heterocycles. The molecule has 0 aliphatic heterocycles. The molecule has 0 aliphatic carbocycles. The molecule has 0 spiro atoms. The van der Waals surface area contributed by atoms with Crippen LogP contribution in [-0.4, -0.2) is 22.0 Å². The Hall–Kier alpha value is -2.28. The summed E-state index contributed by atoms with van der Waals surface area (Å²) in [5.74, 6) is -1.73. The molecule has 122 valence electrons. The molecule has 1 aromatic carbocycles. The molecule has 2 rings (SSSR count). The van der Waals surface area contributed by atoms with Crippen LogP contribution in [0.4, 0.5) is 9.52 Å². The Kier molecular flexibility index (Phi) is 5.10. The second kappa shape index (κ2) is 6.87. The first-order chi connectivity index (χ1) is 10.8. The fourth-order valence-corrected chi connectivity index (χ4v) is 2.91. The smallest absolute Gasteiger partial charge is 0.308 e. The maximum absolute atomic E-state index is 13.4. The van der Waals surface area contributed by atoms with E-state index in [-0.39, 0.29) is 24.1 Å². The highest BCUT2D eigenvalue weighted by Gasteiger charge is 2.18. The number of thiazole rings is 1. The molecule has 23 heavy (non-hydrogen) atoms. The van der Waals surface area contributed by atoms with Crippen LogP contribution in [0.25, 0.3) is 11.3 Å². The molecular formula is C16H17FN2O3S. The molecule has 2 aromatic rings. The Balaban J connectivity index is 2.43. The van der Waals surface area contributed by atoms with Crippen molar-refractivity contribution in [2.75, 3.05) is 5.32 Å². The number of benzene rings is 1. The van der Waals surface area contributed by atoms with Gasteiger partial charge in [-0.3, -0.25) is 9.59 Å². The molecule has 0 saturated carbocycles. The topological polar surface area (TPSA) is 79.3 Å². The van der Waals surface area contributed by atoms with Gasteiger partial charge in [0.25, 0.3) is 0 Å². The van der Waals surface area contributed by atoms with Crippen LogP contribution in [0.3, 0.4) is 0 Å². The van der Waals surface area contributed by atoms with Crippen molar-refractivity contribution < 1.29 is 19.1 Å². The summed E-state index contributed by atoms with van der Waals surface area (Å²) in [6.45, 7) is 5.14. The number of nitrogens with one attached hydrogen (secondary N) is 1. The van der Waals surface area contributed by atoms with E-state index >= 15 is 0 Å². The Morgan fingerprint density at radius 3 is 2.65 bits per heavy atom. The largest absolute Gasteiger partial charge is 0.481 e. The predicted octanol–water partition coefficient (Wildman–Crippen LogP) is 3.48. The summed E-state index contributed by atoms with van der Waals surface area (Å²) >= 11 is 1.12. The van der Waals surface area contributed by atoms with Crippen molar-refractivity contribution in [3.8, 4) is 11.3 Å². The number of carbonyl (C=O) groups excluding carboxylic acids is 1. The van der Waals surface area contributed by atoms with E-state index in [2.05, 4.69) is 10.3 Å². The molecule has 0 unspecified atom stereocenters. The highest BCUT2D eigenvalue weighted by atomic mass is 32.1. The van der Waals surface area contributed by atoms with Gasteiger partial charge in [-0.25, -0.2) is 9.37 Å². The number of hydrogen-bond donors (Lipinski definition) is 2. The minimum atomic E-state index is -0.990. The van der Waals surface area contributed by atoms with Crippen LogP contribution in [0.2, 0.25) is 0 Å². The first kappa shape index (κ1) is 17.1. The van der Waals surface area contributed by atoms with Gasteiger partial charge in [-0.15, -0.1) is 11.3 Å². The van der Waals surface area contributed by atoms with E-state index in [0.717, 1.165) is 11.3 Å². The summed E-state index contributed by atoms with van der Waals surface area (Å²) in [6, 6.07) is 4.49. The lowest BCUT2D eigenvalue weighted by Gasteiger charge is -2.04. The highest BCUT2D eigenvalue weighted by Crippen LogP contribution is 2.32. The number of rotatable bonds is 5. The summed E-state index contributed by atoms with van der Waals surface area (Å²) in [6.07, 6.45) is -0.207. The molecule has 0 saturated heterocycles. The zero-order chi connectivity index (χ0) is 17.1. The monoisotopic (exact) mass is 336 g/mol. The minimum absolute atomic E-state index is 0.192. The summed E-state index contributed by atoms with van der Waals surface area (Å²) in [4.78, 5) is 27.7. The number of halogens is 1. The number of aliphatic carboxylic acids is 1. The van der Waals surface area contributed by atoms with E-state index in [1.807, 2.05) is 0 Å². The van der Waals surface area contributed by atoms with E-state index in [4.69, 9.17) is 5.11 Å². The minimum Gasteiger partial charge on any atom is -0.481 e. The van der Waals surface area contributed by atoms with E-state index < -0.39 is 5.97 Å². The molecule has 2 N–H and O–H groups in total. The van der Waals surface area contributed by atoms with Gasteiger partial charge < -0.3 is 10.4 Å². The van der Waals surface area contributed by atoms with Crippen LogP contribution in [0.1, 0.15) is 24.3 Å². The average molecular weight is 336 g/mol. The van der Waals surface area contributed by atoms with Gasteiger partial charge in [-0.1, -0.05) is 13.8 Å². The second-order valence-corrected chi connectivity index (χ2v) is 6.55. The van der Waals surface area contributed by atoms with Gasteiger partial charge >= 0.3 is 5.97 Å². The lowest BCUT2D eigenvalue weighted by molar-refractivity contribution is -0.136. The standard InChI is InChI=1S/C16H17FN2O3S/c1-8(2)15(22)19-16-18-14(12(23-16)7-13(20)21)10-4-5-11(17)9(3)6-10/h4-6,8H,7H2,1-3H3,(H,20,21)(H,18,19,22). The van der Waals surface area contributed by atoms with Crippen LogP contribution >= 0.6 is 11.3 Å². The number of aromatic nitrogens is 1. The van der Waals surface area contributed by atoms with Crippen molar-refractivity contribution in [1.29, 1.82) is 0 Å². The number of carboxylic acids is 1. The number of anilines is 1. The normalized spacial score (nSPS) is 10.8. The molecule has 0 atom stereocenters. The van der Waals surface area contributed by atoms with Crippen LogP contribution in [0.5, 0.6) is 0 Å². The molecule has 1 aromatic heterocycles. The summed E-state index contributed by atoms with van der Waals surface area (Å²) in [7, 11) is 0. The first-order valence-corrected chi connectivity index (χ1v) is 7.88. The van der Waals surface area contributed by atoms with Crippen molar-refractivity contribution in [3.05, 3.63) is 34.5 Å². The fraction of sp³-hybridized carbons (Fsp3) is 0.312. The van der Waals surface area contributed by atoms with E-state index in [9.17, 15) is 14.0 Å². The zero-order valence-electron chi connectivity index (χ0n) is 13.0. The van der Waals surface area contributed by atoms with Crippen molar-refractivity contribution in [2.24, 2.45) is 5.92 Å². The van der Waals surface area contributed by atoms with Crippen molar-refractivity contribution in [3.63, 3.8) is 0 Å². The van der Waals surface area contributed by atoms with Gasteiger partial charge in [0, 0.05) is 16.4 Å². The number of hydrogen-bond acceptors (Lipinski definition) is 4. The molecule has 0 radical (unpaired) electrons. The third kappa shape index (κ3) is 4.13. The van der Waals surface area contributed by atoms with Crippen LogP contribution in [0, 0.1) is 18.7 Å². The number of amides is 1. The second-order valence-electron chi connectivity index (χ2n) is 5.47. The number of aryl methyl sites for hydroxylation is 1. The van der Waals surface area contributed by atoms with Gasteiger partial charge in [0.15, 0.2) is 5.13 Å². The number of carboxylic acid groups (broad SMARTS) is 1. The molecule has 1 amide bonds. The third-order valence-corrected chi connectivity index (χ3v) is 4.17. The van der Waals surface area contributed by atoms with Crippen molar-refractivity contribution in [2.45, 2.75) is 27.2 Å². The lowest BCUT2D eigenvalue weighted by atomic mass is 10.1. The molecular weight excluding hydrogens is 319 g/mol. The van der Waals surface area contributed by atoms with Gasteiger partial charge in [0.1, 0.15) is 5.82 Å². The maximum Gasteiger partial charge on any atom is 0.308 e. The van der Waals surface area contributed by atoms with E-state index in [0.29, 0.717) is 26.8 Å². The van der Waals surface area contributed by atoms with Gasteiger partial charge in [-0.05, 0) is 30.7 Å². The molecule has 7 heteroatoms. The molecule has 0 bridgehead atoms.